The van der Waals surface area contributed by atoms with Gasteiger partial charge in [-0.3, -0.25) is 4.79 Å². The Morgan fingerprint density at radius 2 is 1.58 bits per heavy atom. The zero-order valence-electron chi connectivity index (χ0n) is 17.8. The Morgan fingerprint density at radius 1 is 1.04 bits per heavy atom. The SMILES string of the molecule is CC(=O)NC(C)(C)CCP(C)(C)=O.CCc1cccc(CP(C)(C)=O)c1. The van der Waals surface area contributed by atoms with Gasteiger partial charge in [0.05, 0.1) is 14.3 Å². The van der Waals surface area contributed by atoms with Crippen molar-refractivity contribution in [3.05, 3.63) is 35.4 Å². The van der Waals surface area contributed by atoms with E-state index in [2.05, 4.69) is 30.4 Å². The Hall–Kier alpha value is -0.850. The van der Waals surface area contributed by atoms with Crippen molar-refractivity contribution >= 4 is 20.2 Å². The largest absolute Gasteiger partial charge is 0.351 e. The maximum atomic E-state index is 11.6. The minimum Gasteiger partial charge on any atom is -0.351 e. The highest BCUT2D eigenvalue weighted by Gasteiger charge is 2.21. The minimum atomic E-state index is -1.96. The molecule has 26 heavy (non-hydrogen) atoms. The molecule has 0 bridgehead atoms. The number of carbonyl (C=O) groups excluding carboxylic acids is 1. The zero-order chi connectivity index (χ0) is 20.6. The molecular weight excluding hydrogens is 364 g/mol. The summed E-state index contributed by atoms with van der Waals surface area (Å²) in [7, 11) is -3.87. The second-order valence-corrected chi connectivity index (χ2v) is 15.6. The van der Waals surface area contributed by atoms with Gasteiger partial charge in [-0.2, -0.15) is 0 Å². The number of hydrogen-bond donors (Lipinski definition) is 1. The number of benzene rings is 1. The number of nitrogens with one attached hydrogen (secondary N) is 1. The van der Waals surface area contributed by atoms with Gasteiger partial charge in [0.1, 0.15) is 0 Å². The van der Waals surface area contributed by atoms with Crippen LogP contribution in [0.5, 0.6) is 0 Å². The fourth-order valence-corrected chi connectivity index (χ4v) is 4.65. The lowest BCUT2D eigenvalue weighted by molar-refractivity contribution is -0.120. The lowest BCUT2D eigenvalue weighted by atomic mass is 10.0. The van der Waals surface area contributed by atoms with Crippen molar-refractivity contribution in [3.8, 4) is 0 Å². The second kappa shape index (κ2) is 10.5. The zero-order valence-corrected chi connectivity index (χ0v) is 19.5. The molecule has 0 aliphatic heterocycles. The molecule has 0 saturated heterocycles. The first-order valence-corrected chi connectivity index (χ1v) is 14.7. The summed E-state index contributed by atoms with van der Waals surface area (Å²) in [5, 5.41) is 2.83. The van der Waals surface area contributed by atoms with Crippen LogP contribution in [0.15, 0.2) is 24.3 Å². The van der Waals surface area contributed by atoms with Crippen molar-refractivity contribution in [2.45, 2.75) is 52.2 Å². The maximum absolute atomic E-state index is 11.6. The normalized spacial score (nSPS) is 12.2. The van der Waals surface area contributed by atoms with Crippen molar-refractivity contribution in [1.82, 2.24) is 5.32 Å². The Bertz CT molecular complexity index is 671. The van der Waals surface area contributed by atoms with Gasteiger partial charge in [-0.25, -0.2) is 0 Å². The third kappa shape index (κ3) is 14.3. The van der Waals surface area contributed by atoms with Crippen LogP contribution in [0.3, 0.4) is 0 Å². The van der Waals surface area contributed by atoms with Gasteiger partial charge >= 0.3 is 0 Å². The molecule has 4 nitrogen and oxygen atoms in total. The van der Waals surface area contributed by atoms with Gasteiger partial charge in [0.25, 0.3) is 0 Å². The molecule has 1 aromatic rings. The predicted molar refractivity (Wildman–Crippen MR) is 116 cm³/mol. The van der Waals surface area contributed by atoms with E-state index >= 15 is 0 Å². The summed E-state index contributed by atoms with van der Waals surface area (Å²) < 4.78 is 23.0. The standard InChI is InChI=1S/C11H17OP.C9H20NO2P/c1-4-10-6-5-7-11(8-10)9-13(2,3)12;1-8(11)10-9(2,3)6-7-13(4,5)12/h5-8H,4,9H2,1-3H3;6-7H2,1-5H3,(H,10,11). The highest BCUT2D eigenvalue weighted by atomic mass is 31.2. The topological polar surface area (TPSA) is 63.2 Å². The Balaban J connectivity index is 0.000000481. The van der Waals surface area contributed by atoms with Gasteiger partial charge in [0.15, 0.2) is 0 Å². The summed E-state index contributed by atoms with van der Waals surface area (Å²) in [6, 6.07) is 8.36. The molecule has 0 aliphatic carbocycles. The molecule has 0 fully saturated rings. The lowest BCUT2D eigenvalue weighted by Gasteiger charge is -2.26. The van der Waals surface area contributed by atoms with E-state index in [0.29, 0.717) is 6.16 Å². The van der Waals surface area contributed by atoms with Crippen molar-refractivity contribution < 1.29 is 13.9 Å². The predicted octanol–water partition coefficient (Wildman–Crippen LogP) is 5.29. The molecule has 0 aromatic heterocycles. The van der Waals surface area contributed by atoms with Gasteiger partial charge in [0, 0.05) is 24.8 Å². The average molecular weight is 401 g/mol. The molecule has 1 N–H and O–H groups in total. The van der Waals surface area contributed by atoms with E-state index in [-0.39, 0.29) is 11.4 Å². The van der Waals surface area contributed by atoms with Crippen molar-refractivity contribution in [2.24, 2.45) is 0 Å². The van der Waals surface area contributed by atoms with E-state index < -0.39 is 14.3 Å². The van der Waals surface area contributed by atoms with Crippen LogP contribution in [0.4, 0.5) is 0 Å². The van der Waals surface area contributed by atoms with Crippen LogP contribution in [0.1, 0.15) is 45.2 Å². The monoisotopic (exact) mass is 401 g/mol. The lowest BCUT2D eigenvalue weighted by Crippen LogP contribution is -2.42. The molecule has 0 spiro atoms. The van der Waals surface area contributed by atoms with Crippen LogP contribution < -0.4 is 5.32 Å². The first-order chi connectivity index (χ1) is 11.6. The maximum Gasteiger partial charge on any atom is 0.217 e. The Labute approximate surface area is 160 Å². The highest BCUT2D eigenvalue weighted by molar-refractivity contribution is 7.62. The van der Waals surface area contributed by atoms with E-state index in [4.69, 9.17) is 0 Å². The minimum absolute atomic E-state index is 0.0351. The van der Waals surface area contributed by atoms with E-state index in [1.165, 1.54) is 18.1 Å². The fourth-order valence-electron chi connectivity index (χ4n) is 2.48. The molecular formula is C20H37NO3P2. The van der Waals surface area contributed by atoms with Crippen LogP contribution in [-0.4, -0.2) is 44.3 Å². The Kier molecular flexibility index (Phi) is 10.1. The van der Waals surface area contributed by atoms with Gasteiger partial charge in [-0.1, -0.05) is 31.2 Å². The first kappa shape index (κ1) is 25.1. The quantitative estimate of drug-likeness (QED) is 0.632. The van der Waals surface area contributed by atoms with Crippen LogP contribution in [0, 0.1) is 0 Å². The summed E-state index contributed by atoms with van der Waals surface area (Å²) >= 11 is 0. The van der Waals surface area contributed by atoms with Gasteiger partial charge in [-0.05, 0) is 64.5 Å². The van der Waals surface area contributed by atoms with E-state index in [1.54, 1.807) is 13.3 Å². The molecule has 0 radical (unpaired) electrons. The van der Waals surface area contributed by atoms with Crippen LogP contribution >= 0.6 is 14.3 Å². The number of carbonyl (C=O) groups is 1. The van der Waals surface area contributed by atoms with Gasteiger partial charge in [-0.15, -0.1) is 0 Å². The third-order valence-electron chi connectivity index (χ3n) is 3.75. The molecule has 0 aliphatic rings. The highest BCUT2D eigenvalue weighted by Crippen LogP contribution is 2.40. The summed E-state index contributed by atoms with van der Waals surface area (Å²) in [6.07, 6.45) is 3.21. The van der Waals surface area contributed by atoms with E-state index in [1.807, 2.05) is 33.2 Å². The Morgan fingerprint density at radius 3 is 2.00 bits per heavy atom. The summed E-state index contributed by atoms with van der Waals surface area (Å²) in [6.45, 7) is 14.8. The molecule has 0 heterocycles. The number of hydrogen-bond acceptors (Lipinski definition) is 3. The summed E-state index contributed by atoms with van der Waals surface area (Å²) in [5.74, 6) is -0.0351. The number of amides is 1. The molecule has 0 atom stereocenters. The van der Waals surface area contributed by atoms with E-state index in [9.17, 15) is 13.9 Å². The molecule has 1 aromatic carbocycles. The molecule has 0 unspecified atom stereocenters. The van der Waals surface area contributed by atoms with E-state index in [0.717, 1.165) is 19.0 Å². The average Bonchev–Trinajstić information content (AvgIpc) is 2.42. The number of rotatable bonds is 7. The molecule has 0 saturated carbocycles. The fraction of sp³-hybridized carbons (Fsp3) is 0.650. The number of aryl methyl sites for hydroxylation is 1. The van der Waals surface area contributed by atoms with Crippen LogP contribution in [0.25, 0.3) is 0 Å². The first-order valence-electron chi connectivity index (χ1n) is 9.08. The van der Waals surface area contributed by atoms with Crippen LogP contribution in [0.2, 0.25) is 0 Å². The smallest absolute Gasteiger partial charge is 0.217 e. The molecule has 1 amide bonds. The van der Waals surface area contributed by atoms with Crippen molar-refractivity contribution in [1.29, 1.82) is 0 Å². The summed E-state index contributed by atoms with van der Waals surface area (Å²) in [4.78, 5) is 10.8. The van der Waals surface area contributed by atoms with Crippen molar-refractivity contribution in [2.75, 3.05) is 32.8 Å². The second-order valence-electron chi connectivity index (χ2n) is 8.52. The van der Waals surface area contributed by atoms with Crippen molar-refractivity contribution in [3.63, 3.8) is 0 Å². The third-order valence-corrected chi connectivity index (χ3v) is 6.18. The van der Waals surface area contributed by atoms with Crippen LogP contribution in [-0.2, 0) is 26.5 Å². The van der Waals surface area contributed by atoms with Gasteiger partial charge in [0.2, 0.25) is 5.91 Å². The molecule has 1 rings (SSSR count). The summed E-state index contributed by atoms with van der Waals surface area (Å²) in [5.41, 5.74) is 2.28. The molecule has 6 heteroatoms. The van der Waals surface area contributed by atoms with Gasteiger partial charge < -0.3 is 14.4 Å². The molecule has 150 valence electrons.